The lowest BCUT2D eigenvalue weighted by molar-refractivity contribution is 0.596. The van der Waals surface area contributed by atoms with E-state index in [1.807, 2.05) is 27.7 Å². The van der Waals surface area contributed by atoms with Crippen LogP contribution >= 0.6 is 0 Å². The van der Waals surface area contributed by atoms with Crippen molar-refractivity contribution in [2.75, 3.05) is 10.6 Å². The summed E-state index contributed by atoms with van der Waals surface area (Å²) < 4.78 is 25.3. The molecule has 0 aliphatic heterocycles. The highest BCUT2D eigenvalue weighted by Crippen LogP contribution is 2.24. The molecule has 0 spiro atoms. The highest BCUT2D eigenvalue weighted by molar-refractivity contribution is 7.91. The fourth-order valence-corrected chi connectivity index (χ4v) is 3.52. The molecule has 2 N–H and O–H groups in total. The van der Waals surface area contributed by atoms with Crippen molar-refractivity contribution in [3.05, 3.63) is 48.5 Å². The molecule has 2 aromatic carbocycles. The number of benzene rings is 2. The van der Waals surface area contributed by atoms with Crippen molar-refractivity contribution in [1.82, 2.24) is 0 Å². The maximum absolute atomic E-state index is 12.7. The van der Waals surface area contributed by atoms with Gasteiger partial charge in [0.05, 0.1) is 9.79 Å². The SMILES string of the molecule is CC(C)Nc1ccc(S(=O)(=O)c2ccc(NC(C)C)cc2)cc1. The molecule has 2 aromatic rings. The Labute approximate surface area is 138 Å². The number of nitrogens with one attached hydrogen (secondary N) is 2. The summed E-state index contributed by atoms with van der Waals surface area (Å²) in [7, 11) is -3.48. The second-order valence-electron chi connectivity index (χ2n) is 6.15. The molecule has 0 aliphatic rings. The van der Waals surface area contributed by atoms with Crippen LogP contribution in [0.25, 0.3) is 0 Å². The van der Waals surface area contributed by atoms with Gasteiger partial charge in [0.15, 0.2) is 0 Å². The maximum Gasteiger partial charge on any atom is 0.206 e. The summed E-state index contributed by atoms with van der Waals surface area (Å²) in [6.45, 7) is 8.16. The third kappa shape index (κ3) is 4.48. The van der Waals surface area contributed by atoms with Crippen molar-refractivity contribution < 1.29 is 8.42 Å². The van der Waals surface area contributed by atoms with Crippen LogP contribution in [0, 0.1) is 0 Å². The molecule has 0 heterocycles. The molecule has 23 heavy (non-hydrogen) atoms. The van der Waals surface area contributed by atoms with Gasteiger partial charge < -0.3 is 10.6 Å². The summed E-state index contributed by atoms with van der Waals surface area (Å²) in [5.74, 6) is 0. The molecule has 4 nitrogen and oxygen atoms in total. The average molecular weight is 332 g/mol. The van der Waals surface area contributed by atoms with Gasteiger partial charge in [-0.15, -0.1) is 0 Å². The normalized spacial score (nSPS) is 11.7. The first-order chi connectivity index (χ1) is 10.8. The molecule has 0 fully saturated rings. The topological polar surface area (TPSA) is 58.2 Å². The predicted octanol–water partition coefficient (Wildman–Crippen LogP) is 4.16. The maximum atomic E-state index is 12.7. The third-order valence-corrected chi connectivity index (χ3v) is 5.03. The van der Waals surface area contributed by atoms with Crippen molar-refractivity contribution in [1.29, 1.82) is 0 Å². The third-order valence-electron chi connectivity index (χ3n) is 3.24. The van der Waals surface area contributed by atoms with Gasteiger partial charge in [0.2, 0.25) is 9.84 Å². The van der Waals surface area contributed by atoms with Gasteiger partial charge in [0.25, 0.3) is 0 Å². The van der Waals surface area contributed by atoms with Crippen LogP contribution in [0.4, 0.5) is 11.4 Å². The summed E-state index contributed by atoms with van der Waals surface area (Å²) in [5, 5.41) is 6.49. The second kappa shape index (κ2) is 7.04. The molecule has 0 atom stereocenters. The molecule has 0 aromatic heterocycles. The zero-order chi connectivity index (χ0) is 17.0. The van der Waals surface area contributed by atoms with Gasteiger partial charge in [-0.3, -0.25) is 0 Å². The molecule has 0 unspecified atom stereocenters. The summed E-state index contributed by atoms with van der Waals surface area (Å²) >= 11 is 0. The Bertz CT molecular complexity index is 674. The number of anilines is 2. The van der Waals surface area contributed by atoms with Crippen LogP contribution in [-0.2, 0) is 9.84 Å². The zero-order valence-corrected chi connectivity index (χ0v) is 14.8. The number of rotatable bonds is 6. The summed E-state index contributed by atoms with van der Waals surface area (Å²) in [6.07, 6.45) is 0. The van der Waals surface area contributed by atoms with Crippen LogP contribution in [0.5, 0.6) is 0 Å². The lowest BCUT2D eigenvalue weighted by atomic mass is 10.3. The molecule has 0 saturated carbocycles. The van der Waals surface area contributed by atoms with Gasteiger partial charge in [0.1, 0.15) is 0 Å². The Morgan fingerprint density at radius 3 is 1.22 bits per heavy atom. The van der Waals surface area contributed by atoms with Crippen LogP contribution in [0.3, 0.4) is 0 Å². The monoisotopic (exact) mass is 332 g/mol. The van der Waals surface area contributed by atoms with E-state index in [0.29, 0.717) is 21.9 Å². The minimum atomic E-state index is -3.48. The van der Waals surface area contributed by atoms with E-state index >= 15 is 0 Å². The Morgan fingerprint density at radius 1 is 0.652 bits per heavy atom. The number of sulfone groups is 1. The highest BCUT2D eigenvalue weighted by Gasteiger charge is 2.17. The molecule has 0 aliphatic carbocycles. The Morgan fingerprint density at radius 2 is 0.957 bits per heavy atom. The summed E-state index contributed by atoms with van der Waals surface area (Å²) in [4.78, 5) is 0.604. The van der Waals surface area contributed by atoms with E-state index < -0.39 is 9.84 Å². The summed E-state index contributed by atoms with van der Waals surface area (Å²) in [6, 6.07) is 14.3. The fourth-order valence-electron chi connectivity index (χ4n) is 2.26. The van der Waals surface area contributed by atoms with Crippen LogP contribution in [-0.4, -0.2) is 20.5 Å². The van der Waals surface area contributed by atoms with E-state index in [4.69, 9.17) is 0 Å². The molecule has 2 rings (SSSR count). The van der Waals surface area contributed by atoms with Gasteiger partial charge >= 0.3 is 0 Å². The van der Waals surface area contributed by atoms with E-state index in [-0.39, 0.29) is 0 Å². The van der Waals surface area contributed by atoms with E-state index in [1.165, 1.54) is 0 Å². The number of hydrogen-bond donors (Lipinski definition) is 2. The zero-order valence-electron chi connectivity index (χ0n) is 14.0. The second-order valence-corrected chi connectivity index (χ2v) is 8.10. The first kappa shape index (κ1) is 17.3. The molecule has 0 saturated heterocycles. The minimum absolute atomic E-state index is 0.302. The van der Waals surface area contributed by atoms with Crippen molar-refractivity contribution in [2.45, 2.75) is 49.6 Å². The molecule has 124 valence electrons. The van der Waals surface area contributed by atoms with Crippen molar-refractivity contribution in [3.63, 3.8) is 0 Å². The van der Waals surface area contributed by atoms with E-state index in [2.05, 4.69) is 10.6 Å². The molecule has 0 amide bonds. The van der Waals surface area contributed by atoms with Crippen molar-refractivity contribution in [2.24, 2.45) is 0 Å². The highest BCUT2D eigenvalue weighted by atomic mass is 32.2. The Hall–Kier alpha value is -2.01. The minimum Gasteiger partial charge on any atom is -0.383 e. The average Bonchev–Trinajstić information content (AvgIpc) is 2.47. The van der Waals surface area contributed by atoms with Crippen LogP contribution in [0.15, 0.2) is 58.3 Å². The van der Waals surface area contributed by atoms with E-state index in [1.54, 1.807) is 48.5 Å². The molecule has 5 heteroatoms. The van der Waals surface area contributed by atoms with Gasteiger partial charge in [-0.1, -0.05) is 0 Å². The van der Waals surface area contributed by atoms with Gasteiger partial charge in [-0.25, -0.2) is 8.42 Å². The van der Waals surface area contributed by atoms with Crippen LogP contribution in [0.1, 0.15) is 27.7 Å². The van der Waals surface area contributed by atoms with Gasteiger partial charge in [0, 0.05) is 23.5 Å². The molecular formula is C18H24N2O2S. The van der Waals surface area contributed by atoms with Crippen molar-refractivity contribution in [3.8, 4) is 0 Å². The van der Waals surface area contributed by atoms with E-state index in [0.717, 1.165) is 11.4 Å². The van der Waals surface area contributed by atoms with Gasteiger partial charge in [-0.2, -0.15) is 0 Å². The molecule has 0 radical (unpaired) electrons. The Kier molecular flexibility index (Phi) is 5.31. The quantitative estimate of drug-likeness (QED) is 0.834. The van der Waals surface area contributed by atoms with Crippen LogP contribution < -0.4 is 10.6 Å². The lowest BCUT2D eigenvalue weighted by Crippen LogP contribution is -2.10. The van der Waals surface area contributed by atoms with Crippen molar-refractivity contribution >= 4 is 21.2 Å². The standard InChI is InChI=1S/C18H24N2O2S/c1-13(2)19-15-5-9-17(10-6-15)23(21,22)18-11-7-16(8-12-18)20-14(3)4/h5-14,19-20H,1-4H3. The van der Waals surface area contributed by atoms with Gasteiger partial charge in [-0.05, 0) is 76.2 Å². The lowest BCUT2D eigenvalue weighted by Gasteiger charge is -2.12. The summed E-state index contributed by atoms with van der Waals surface area (Å²) in [5.41, 5.74) is 1.82. The predicted molar refractivity (Wildman–Crippen MR) is 95.9 cm³/mol. The number of hydrogen-bond acceptors (Lipinski definition) is 4. The first-order valence-electron chi connectivity index (χ1n) is 7.77. The largest absolute Gasteiger partial charge is 0.383 e. The molecule has 0 bridgehead atoms. The van der Waals surface area contributed by atoms with E-state index in [9.17, 15) is 8.42 Å². The fraction of sp³-hybridized carbons (Fsp3) is 0.333. The molecular weight excluding hydrogens is 308 g/mol. The smallest absolute Gasteiger partial charge is 0.206 e. The Balaban J connectivity index is 2.23. The first-order valence-corrected chi connectivity index (χ1v) is 9.25. The van der Waals surface area contributed by atoms with Crippen LogP contribution in [0.2, 0.25) is 0 Å².